The fourth-order valence-corrected chi connectivity index (χ4v) is 2.05. The number of rotatable bonds is 5. The van der Waals surface area contributed by atoms with Gasteiger partial charge in [0.2, 0.25) is 0 Å². The Morgan fingerprint density at radius 2 is 2.36 bits per heavy atom. The van der Waals surface area contributed by atoms with Gasteiger partial charge in [-0.05, 0) is 5.92 Å². The summed E-state index contributed by atoms with van der Waals surface area (Å²) < 4.78 is 0. The van der Waals surface area contributed by atoms with E-state index in [1.807, 2.05) is 5.38 Å². The molecule has 0 saturated carbocycles. The molecule has 1 heterocycles. The first-order valence-corrected chi connectivity index (χ1v) is 5.91. The smallest absolute Gasteiger partial charge is 0.185 e. The SMILES string of the molecule is CCC(C)CN(C)c1nc(CN)cs1. The number of anilines is 1. The van der Waals surface area contributed by atoms with Gasteiger partial charge in [-0.1, -0.05) is 20.3 Å². The topological polar surface area (TPSA) is 42.2 Å². The number of hydrogen-bond acceptors (Lipinski definition) is 4. The first-order valence-electron chi connectivity index (χ1n) is 5.03. The van der Waals surface area contributed by atoms with E-state index in [4.69, 9.17) is 5.73 Å². The average Bonchev–Trinajstić information content (AvgIpc) is 2.65. The summed E-state index contributed by atoms with van der Waals surface area (Å²) in [7, 11) is 2.09. The number of nitrogens with zero attached hydrogens (tertiary/aromatic N) is 2. The maximum Gasteiger partial charge on any atom is 0.185 e. The first-order chi connectivity index (χ1) is 6.67. The maximum atomic E-state index is 5.52. The highest BCUT2D eigenvalue weighted by Gasteiger charge is 2.08. The Balaban J connectivity index is 2.55. The Labute approximate surface area is 89.9 Å². The molecule has 1 atom stereocenters. The summed E-state index contributed by atoms with van der Waals surface area (Å²) in [6.45, 7) is 6.07. The second-order valence-electron chi connectivity index (χ2n) is 3.72. The standard InChI is InChI=1S/C10H19N3S/c1-4-8(2)6-13(3)10-12-9(5-11)7-14-10/h7-8H,4-6,11H2,1-3H3. The maximum absolute atomic E-state index is 5.52. The molecule has 0 aliphatic carbocycles. The fraction of sp³-hybridized carbons (Fsp3) is 0.700. The highest BCUT2D eigenvalue weighted by Crippen LogP contribution is 2.20. The van der Waals surface area contributed by atoms with Crippen LogP contribution in [-0.2, 0) is 6.54 Å². The summed E-state index contributed by atoms with van der Waals surface area (Å²) in [5.74, 6) is 0.713. The molecule has 1 aromatic heterocycles. The van der Waals surface area contributed by atoms with E-state index in [9.17, 15) is 0 Å². The highest BCUT2D eigenvalue weighted by molar-refractivity contribution is 7.13. The van der Waals surface area contributed by atoms with E-state index in [0.717, 1.165) is 17.4 Å². The summed E-state index contributed by atoms with van der Waals surface area (Å²) in [5, 5.41) is 3.10. The number of hydrogen-bond donors (Lipinski definition) is 1. The van der Waals surface area contributed by atoms with Gasteiger partial charge in [-0.25, -0.2) is 4.98 Å². The van der Waals surface area contributed by atoms with E-state index in [1.54, 1.807) is 11.3 Å². The third-order valence-corrected chi connectivity index (χ3v) is 3.36. The van der Waals surface area contributed by atoms with Crippen molar-refractivity contribution >= 4 is 16.5 Å². The molecule has 0 spiro atoms. The third-order valence-electron chi connectivity index (χ3n) is 2.36. The molecule has 0 bridgehead atoms. The molecule has 0 aliphatic heterocycles. The monoisotopic (exact) mass is 213 g/mol. The molecule has 0 fully saturated rings. The molecule has 0 saturated heterocycles. The van der Waals surface area contributed by atoms with E-state index in [1.165, 1.54) is 6.42 Å². The lowest BCUT2D eigenvalue weighted by Gasteiger charge is -2.19. The van der Waals surface area contributed by atoms with E-state index in [0.29, 0.717) is 12.5 Å². The minimum absolute atomic E-state index is 0.535. The van der Waals surface area contributed by atoms with Crippen molar-refractivity contribution in [1.29, 1.82) is 0 Å². The molecular weight excluding hydrogens is 194 g/mol. The van der Waals surface area contributed by atoms with Crippen molar-refractivity contribution in [3.63, 3.8) is 0 Å². The van der Waals surface area contributed by atoms with Crippen molar-refractivity contribution in [3.8, 4) is 0 Å². The zero-order valence-corrected chi connectivity index (χ0v) is 9.97. The molecule has 0 amide bonds. The van der Waals surface area contributed by atoms with Crippen LogP contribution in [0.5, 0.6) is 0 Å². The molecule has 3 nitrogen and oxygen atoms in total. The summed E-state index contributed by atoms with van der Waals surface area (Å²) >= 11 is 1.67. The van der Waals surface area contributed by atoms with Gasteiger partial charge in [0.15, 0.2) is 5.13 Å². The van der Waals surface area contributed by atoms with Crippen LogP contribution in [0.2, 0.25) is 0 Å². The summed E-state index contributed by atoms with van der Waals surface area (Å²) in [6, 6.07) is 0. The summed E-state index contributed by atoms with van der Waals surface area (Å²) in [6.07, 6.45) is 1.21. The van der Waals surface area contributed by atoms with Crippen LogP contribution in [0.25, 0.3) is 0 Å². The van der Waals surface area contributed by atoms with Gasteiger partial charge >= 0.3 is 0 Å². The normalized spacial score (nSPS) is 12.9. The number of thiazole rings is 1. The number of aromatic nitrogens is 1. The van der Waals surface area contributed by atoms with E-state index in [2.05, 4.69) is 30.8 Å². The van der Waals surface area contributed by atoms with Crippen LogP contribution in [0.4, 0.5) is 5.13 Å². The van der Waals surface area contributed by atoms with Gasteiger partial charge in [0.1, 0.15) is 0 Å². The molecule has 1 rings (SSSR count). The second-order valence-corrected chi connectivity index (χ2v) is 4.56. The Morgan fingerprint density at radius 3 is 2.86 bits per heavy atom. The second kappa shape index (κ2) is 5.32. The largest absolute Gasteiger partial charge is 0.351 e. The molecule has 1 unspecified atom stereocenters. The van der Waals surface area contributed by atoms with Crippen molar-refractivity contribution in [2.75, 3.05) is 18.5 Å². The van der Waals surface area contributed by atoms with E-state index >= 15 is 0 Å². The van der Waals surface area contributed by atoms with Crippen molar-refractivity contribution < 1.29 is 0 Å². The molecule has 4 heteroatoms. The number of nitrogens with two attached hydrogens (primary N) is 1. The van der Waals surface area contributed by atoms with Crippen LogP contribution >= 0.6 is 11.3 Å². The minimum Gasteiger partial charge on any atom is -0.351 e. The molecule has 1 aromatic rings. The van der Waals surface area contributed by atoms with Gasteiger partial charge < -0.3 is 10.6 Å². The Bertz CT molecular complexity index is 272. The van der Waals surface area contributed by atoms with E-state index < -0.39 is 0 Å². The van der Waals surface area contributed by atoms with Crippen molar-refractivity contribution in [3.05, 3.63) is 11.1 Å². The van der Waals surface area contributed by atoms with Gasteiger partial charge in [-0.3, -0.25) is 0 Å². The van der Waals surface area contributed by atoms with Crippen LogP contribution in [0, 0.1) is 5.92 Å². The molecule has 0 aromatic carbocycles. The van der Waals surface area contributed by atoms with Crippen molar-refractivity contribution in [2.24, 2.45) is 11.7 Å². The van der Waals surface area contributed by atoms with Crippen molar-refractivity contribution in [1.82, 2.24) is 4.98 Å². The van der Waals surface area contributed by atoms with Crippen LogP contribution in [0.1, 0.15) is 26.0 Å². The van der Waals surface area contributed by atoms with E-state index in [-0.39, 0.29) is 0 Å². The summed E-state index contributed by atoms with van der Waals surface area (Å²) in [4.78, 5) is 6.64. The zero-order valence-electron chi connectivity index (χ0n) is 9.16. The third kappa shape index (κ3) is 2.96. The Morgan fingerprint density at radius 1 is 1.64 bits per heavy atom. The molecule has 2 N–H and O–H groups in total. The Kier molecular flexibility index (Phi) is 4.35. The predicted molar refractivity (Wildman–Crippen MR) is 62.7 cm³/mol. The summed E-state index contributed by atoms with van der Waals surface area (Å²) in [5.41, 5.74) is 6.50. The zero-order chi connectivity index (χ0) is 10.6. The highest BCUT2D eigenvalue weighted by atomic mass is 32.1. The quantitative estimate of drug-likeness (QED) is 0.814. The predicted octanol–water partition coefficient (Wildman–Crippen LogP) is 2.08. The van der Waals surface area contributed by atoms with Crippen LogP contribution in [-0.4, -0.2) is 18.6 Å². The molecule has 0 aliphatic rings. The van der Waals surface area contributed by atoms with Crippen LogP contribution in [0.15, 0.2) is 5.38 Å². The van der Waals surface area contributed by atoms with Crippen LogP contribution in [0.3, 0.4) is 0 Å². The Hall–Kier alpha value is -0.610. The lowest BCUT2D eigenvalue weighted by Crippen LogP contribution is -2.23. The van der Waals surface area contributed by atoms with Gasteiger partial charge in [-0.2, -0.15) is 0 Å². The van der Waals surface area contributed by atoms with Crippen molar-refractivity contribution in [2.45, 2.75) is 26.8 Å². The van der Waals surface area contributed by atoms with Gasteiger partial charge in [-0.15, -0.1) is 11.3 Å². The average molecular weight is 213 g/mol. The van der Waals surface area contributed by atoms with Gasteiger partial charge in [0.25, 0.3) is 0 Å². The molecule has 80 valence electrons. The van der Waals surface area contributed by atoms with Gasteiger partial charge in [0, 0.05) is 25.5 Å². The van der Waals surface area contributed by atoms with Gasteiger partial charge in [0.05, 0.1) is 5.69 Å². The molecule has 14 heavy (non-hydrogen) atoms. The molecular formula is C10H19N3S. The first kappa shape index (κ1) is 11.5. The lowest BCUT2D eigenvalue weighted by atomic mass is 10.1. The molecule has 0 radical (unpaired) electrons. The minimum atomic E-state index is 0.535. The lowest BCUT2D eigenvalue weighted by molar-refractivity contribution is 0.559. The van der Waals surface area contributed by atoms with Crippen LogP contribution < -0.4 is 10.6 Å². The fourth-order valence-electron chi connectivity index (χ4n) is 1.24.